The van der Waals surface area contributed by atoms with Crippen molar-refractivity contribution in [1.29, 1.82) is 0 Å². The van der Waals surface area contributed by atoms with Gasteiger partial charge in [0.1, 0.15) is 6.33 Å². The Bertz CT molecular complexity index is 195. The molecule has 0 amide bonds. The van der Waals surface area contributed by atoms with Crippen LogP contribution in [0, 0.1) is 0 Å². The first kappa shape index (κ1) is 6.64. The molecule has 0 saturated heterocycles. The summed E-state index contributed by atoms with van der Waals surface area (Å²) in [5, 5.41) is 7.00. The lowest BCUT2D eigenvalue weighted by Crippen LogP contribution is -2.10. The maximum Gasteiger partial charge on any atom is 0.184 e. The summed E-state index contributed by atoms with van der Waals surface area (Å²) in [5.41, 5.74) is 0. The van der Waals surface area contributed by atoms with Gasteiger partial charge in [-0.3, -0.25) is 0 Å². The number of hydrogen-bond acceptors (Lipinski definition) is 3. The molecule has 0 atom stereocenters. The van der Waals surface area contributed by atoms with E-state index in [2.05, 4.69) is 10.2 Å². The van der Waals surface area contributed by atoms with Crippen LogP contribution < -0.4 is 5.84 Å². The van der Waals surface area contributed by atoms with Crippen molar-refractivity contribution in [3.05, 3.63) is 12.2 Å². The molecular weight excluding hydrogens is 163 g/mol. The average Bonchev–Trinajstić information content (AvgIpc) is 2.13. The van der Waals surface area contributed by atoms with Crippen LogP contribution in [0.2, 0.25) is 0 Å². The number of aromatic nitrogens is 3. The van der Waals surface area contributed by atoms with Gasteiger partial charge in [-0.25, -0.2) is 4.68 Å². The Hall–Kier alpha value is -0.480. The van der Waals surface area contributed by atoms with Gasteiger partial charge < -0.3 is 5.84 Å². The molecule has 1 heterocycles. The molecular formula is C3H4Cl2N4. The van der Waals surface area contributed by atoms with Crippen molar-refractivity contribution in [2.45, 2.75) is 4.84 Å². The molecule has 2 N–H and O–H groups in total. The van der Waals surface area contributed by atoms with Crippen molar-refractivity contribution < 1.29 is 0 Å². The van der Waals surface area contributed by atoms with Crippen LogP contribution in [0.1, 0.15) is 10.7 Å². The van der Waals surface area contributed by atoms with E-state index < -0.39 is 4.84 Å². The fourth-order valence-electron chi connectivity index (χ4n) is 0.408. The zero-order chi connectivity index (χ0) is 6.85. The van der Waals surface area contributed by atoms with Gasteiger partial charge in [-0.2, -0.15) is 0 Å². The molecule has 0 unspecified atom stereocenters. The number of alkyl halides is 2. The molecule has 0 radical (unpaired) electrons. The molecule has 1 aromatic rings. The SMILES string of the molecule is Nn1cnnc1C(Cl)Cl. The lowest BCUT2D eigenvalue weighted by atomic mass is 10.7. The van der Waals surface area contributed by atoms with Crippen LogP contribution in [0.4, 0.5) is 0 Å². The molecule has 6 heteroatoms. The van der Waals surface area contributed by atoms with E-state index in [-0.39, 0.29) is 0 Å². The van der Waals surface area contributed by atoms with Crippen LogP contribution in [0.25, 0.3) is 0 Å². The van der Waals surface area contributed by atoms with Crippen molar-refractivity contribution in [3.63, 3.8) is 0 Å². The predicted molar refractivity (Wildman–Crippen MR) is 34.6 cm³/mol. The van der Waals surface area contributed by atoms with E-state index in [9.17, 15) is 0 Å². The lowest BCUT2D eigenvalue weighted by Gasteiger charge is -1.96. The van der Waals surface area contributed by atoms with Crippen molar-refractivity contribution in [2.24, 2.45) is 0 Å². The van der Waals surface area contributed by atoms with E-state index in [1.807, 2.05) is 0 Å². The quantitative estimate of drug-likeness (QED) is 0.488. The maximum atomic E-state index is 5.41. The minimum atomic E-state index is -0.711. The first-order chi connectivity index (χ1) is 4.22. The van der Waals surface area contributed by atoms with Gasteiger partial charge in [-0.15, -0.1) is 10.2 Å². The van der Waals surface area contributed by atoms with Crippen LogP contribution in [0.3, 0.4) is 0 Å². The Kier molecular flexibility index (Phi) is 1.78. The highest BCUT2D eigenvalue weighted by Gasteiger charge is 2.08. The predicted octanol–water partition coefficient (Wildman–Crippen LogP) is 0.468. The molecule has 0 spiro atoms. The van der Waals surface area contributed by atoms with Gasteiger partial charge in [-0.1, -0.05) is 23.2 Å². The molecule has 0 aliphatic carbocycles. The van der Waals surface area contributed by atoms with Gasteiger partial charge in [0.15, 0.2) is 10.7 Å². The zero-order valence-electron chi connectivity index (χ0n) is 4.33. The summed E-state index contributed by atoms with van der Waals surface area (Å²) in [6.07, 6.45) is 1.33. The summed E-state index contributed by atoms with van der Waals surface area (Å²) in [7, 11) is 0. The van der Waals surface area contributed by atoms with Crippen molar-refractivity contribution in [3.8, 4) is 0 Å². The second-order valence-electron chi connectivity index (χ2n) is 1.40. The maximum absolute atomic E-state index is 5.41. The van der Waals surface area contributed by atoms with Crippen LogP contribution >= 0.6 is 23.2 Å². The van der Waals surface area contributed by atoms with Gasteiger partial charge in [0.2, 0.25) is 0 Å². The van der Waals surface area contributed by atoms with Gasteiger partial charge in [0.25, 0.3) is 0 Å². The van der Waals surface area contributed by atoms with E-state index in [1.54, 1.807) is 0 Å². The summed E-state index contributed by atoms with van der Waals surface area (Å²) in [4.78, 5) is -0.711. The second kappa shape index (κ2) is 2.41. The topological polar surface area (TPSA) is 56.7 Å². The van der Waals surface area contributed by atoms with Crippen LogP contribution in [-0.2, 0) is 0 Å². The fraction of sp³-hybridized carbons (Fsp3) is 0.333. The van der Waals surface area contributed by atoms with Crippen LogP contribution in [0.5, 0.6) is 0 Å². The highest BCUT2D eigenvalue weighted by molar-refractivity contribution is 6.43. The third-order valence-electron chi connectivity index (χ3n) is 0.796. The second-order valence-corrected chi connectivity index (χ2v) is 2.49. The highest BCUT2D eigenvalue weighted by atomic mass is 35.5. The summed E-state index contributed by atoms with van der Waals surface area (Å²) < 4.78 is 1.17. The molecule has 0 aliphatic rings. The molecule has 50 valence electrons. The van der Waals surface area contributed by atoms with Crippen LogP contribution in [-0.4, -0.2) is 14.9 Å². The van der Waals surface area contributed by atoms with E-state index in [0.717, 1.165) is 0 Å². The Morgan fingerprint density at radius 1 is 1.67 bits per heavy atom. The van der Waals surface area contributed by atoms with Gasteiger partial charge in [0, 0.05) is 0 Å². The lowest BCUT2D eigenvalue weighted by molar-refractivity contribution is 0.900. The van der Waals surface area contributed by atoms with Crippen molar-refractivity contribution >= 4 is 23.2 Å². The van der Waals surface area contributed by atoms with E-state index >= 15 is 0 Å². The number of nitrogens with zero attached hydrogens (tertiary/aromatic N) is 3. The normalized spacial score (nSPS) is 10.6. The average molecular weight is 167 g/mol. The van der Waals surface area contributed by atoms with Crippen LogP contribution in [0.15, 0.2) is 6.33 Å². The Labute approximate surface area is 61.5 Å². The largest absolute Gasteiger partial charge is 0.336 e. The minimum Gasteiger partial charge on any atom is -0.336 e. The minimum absolute atomic E-state index is 0.346. The van der Waals surface area contributed by atoms with Gasteiger partial charge >= 0.3 is 0 Å². The molecule has 1 aromatic heterocycles. The molecule has 0 fully saturated rings. The molecule has 4 nitrogen and oxygen atoms in total. The number of hydrogen-bond donors (Lipinski definition) is 1. The van der Waals surface area contributed by atoms with Gasteiger partial charge in [0.05, 0.1) is 0 Å². The van der Waals surface area contributed by atoms with Crippen molar-refractivity contribution in [2.75, 3.05) is 5.84 Å². The molecule has 0 aromatic carbocycles. The first-order valence-corrected chi connectivity index (χ1v) is 3.02. The Morgan fingerprint density at radius 2 is 2.33 bits per heavy atom. The summed E-state index contributed by atoms with van der Waals surface area (Å²) >= 11 is 10.8. The smallest absolute Gasteiger partial charge is 0.184 e. The Morgan fingerprint density at radius 3 is 2.56 bits per heavy atom. The monoisotopic (exact) mass is 166 g/mol. The molecule has 0 bridgehead atoms. The summed E-state index contributed by atoms with van der Waals surface area (Å²) in [6, 6.07) is 0. The van der Waals surface area contributed by atoms with E-state index in [0.29, 0.717) is 5.82 Å². The first-order valence-electron chi connectivity index (χ1n) is 2.15. The summed E-state index contributed by atoms with van der Waals surface area (Å²) in [6.45, 7) is 0. The molecule has 1 rings (SSSR count). The van der Waals surface area contributed by atoms with E-state index in [4.69, 9.17) is 29.0 Å². The number of halogens is 2. The Balaban J connectivity index is 2.94. The van der Waals surface area contributed by atoms with E-state index in [1.165, 1.54) is 11.0 Å². The number of nitrogen functional groups attached to an aromatic ring is 1. The fourth-order valence-corrected chi connectivity index (χ4v) is 0.720. The third kappa shape index (κ3) is 1.25. The summed E-state index contributed by atoms with van der Waals surface area (Å²) in [5.74, 6) is 5.61. The van der Waals surface area contributed by atoms with Gasteiger partial charge in [-0.05, 0) is 0 Å². The molecule has 9 heavy (non-hydrogen) atoms. The standard InChI is InChI=1S/C3H4Cl2N4/c4-2(5)3-8-7-1-9(3)6/h1-2H,6H2. The number of nitrogens with two attached hydrogens (primary N) is 1. The number of rotatable bonds is 1. The molecule has 0 saturated carbocycles. The molecule has 0 aliphatic heterocycles. The highest BCUT2D eigenvalue weighted by Crippen LogP contribution is 2.20. The van der Waals surface area contributed by atoms with Crippen molar-refractivity contribution in [1.82, 2.24) is 14.9 Å². The zero-order valence-corrected chi connectivity index (χ0v) is 5.84. The third-order valence-corrected chi connectivity index (χ3v) is 1.19.